The molecule has 1 saturated heterocycles. The molecule has 0 aliphatic carbocycles. The minimum absolute atomic E-state index is 0.262. The molecule has 21 heavy (non-hydrogen) atoms. The molecule has 3 N–H and O–H groups in total. The molecule has 0 saturated carbocycles. The van der Waals surface area contributed by atoms with E-state index in [0.717, 1.165) is 5.56 Å². The molecule has 6 nitrogen and oxygen atoms in total. The first-order chi connectivity index (χ1) is 9.88. The summed E-state index contributed by atoms with van der Waals surface area (Å²) in [5.74, 6) is -0.757. The van der Waals surface area contributed by atoms with Crippen LogP contribution in [0.15, 0.2) is 18.2 Å². The molecule has 2 unspecified atom stereocenters. The molecule has 2 atom stereocenters. The molecule has 1 amide bonds. The number of ether oxygens (including phenoxy) is 2. The summed E-state index contributed by atoms with van der Waals surface area (Å²) >= 11 is 0. The molecular weight excluding hydrogens is 272 g/mol. The van der Waals surface area contributed by atoms with Crippen molar-refractivity contribution in [3.8, 4) is 0 Å². The molecule has 1 aromatic carbocycles. The molecule has 0 radical (unpaired) electrons. The third-order valence-corrected chi connectivity index (χ3v) is 3.86. The van der Waals surface area contributed by atoms with Crippen LogP contribution in [0.1, 0.15) is 22.8 Å². The predicted octanol–water partition coefficient (Wildman–Crippen LogP) is 1.08. The Balaban J connectivity index is 2.27. The largest absolute Gasteiger partial charge is 0.465 e. The van der Waals surface area contributed by atoms with Gasteiger partial charge >= 0.3 is 5.97 Å². The maximum atomic E-state index is 12.5. The van der Waals surface area contributed by atoms with Gasteiger partial charge < -0.3 is 20.5 Å². The van der Waals surface area contributed by atoms with Crippen molar-refractivity contribution >= 4 is 17.6 Å². The highest BCUT2D eigenvalue weighted by atomic mass is 16.5. The first-order valence-corrected chi connectivity index (χ1v) is 6.72. The SMILES string of the molecule is COC(=O)c1cc(C)ccc1NC(=O)C1(C)COCC1N. The number of hydrogen-bond acceptors (Lipinski definition) is 5. The van der Waals surface area contributed by atoms with E-state index in [2.05, 4.69) is 5.32 Å². The summed E-state index contributed by atoms with van der Waals surface area (Å²) < 4.78 is 10.0. The Morgan fingerprint density at radius 1 is 1.48 bits per heavy atom. The molecule has 2 rings (SSSR count). The number of carbonyl (C=O) groups is 2. The second kappa shape index (κ2) is 5.83. The number of aryl methyl sites for hydroxylation is 1. The minimum Gasteiger partial charge on any atom is -0.465 e. The van der Waals surface area contributed by atoms with Gasteiger partial charge in [0, 0.05) is 6.04 Å². The van der Waals surface area contributed by atoms with Crippen LogP contribution in [-0.2, 0) is 14.3 Å². The molecule has 0 bridgehead atoms. The minimum atomic E-state index is -0.807. The second-order valence-corrected chi connectivity index (χ2v) is 5.53. The number of amides is 1. The Kier molecular flexibility index (Phi) is 4.29. The van der Waals surface area contributed by atoms with Gasteiger partial charge in [0.2, 0.25) is 5.91 Å². The smallest absolute Gasteiger partial charge is 0.339 e. The van der Waals surface area contributed by atoms with Gasteiger partial charge in [0.1, 0.15) is 0 Å². The van der Waals surface area contributed by atoms with Crippen LogP contribution in [0, 0.1) is 12.3 Å². The van der Waals surface area contributed by atoms with E-state index in [4.69, 9.17) is 15.2 Å². The van der Waals surface area contributed by atoms with Crippen molar-refractivity contribution in [2.75, 3.05) is 25.6 Å². The van der Waals surface area contributed by atoms with E-state index >= 15 is 0 Å². The van der Waals surface area contributed by atoms with Gasteiger partial charge in [-0.1, -0.05) is 11.6 Å². The Morgan fingerprint density at radius 2 is 2.19 bits per heavy atom. The van der Waals surface area contributed by atoms with Gasteiger partial charge in [-0.2, -0.15) is 0 Å². The van der Waals surface area contributed by atoms with Crippen molar-refractivity contribution in [1.82, 2.24) is 0 Å². The summed E-state index contributed by atoms with van der Waals surface area (Å²) in [6, 6.07) is 4.80. The lowest BCUT2D eigenvalue weighted by Crippen LogP contribution is -2.47. The Bertz CT molecular complexity index is 573. The van der Waals surface area contributed by atoms with E-state index in [0.29, 0.717) is 17.9 Å². The third kappa shape index (κ3) is 2.91. The Hall–Kier alpha value is -1.92. The van der Waals surface area contributed by atoms with E-state index < -0.39 is 11.4 Å². The van der Waals surface area contributed by atoms with E-state index in [1.54, 1.807) is 19.1 Å². The quantitative estimate of drug-likeness (QED) is 0.814. The molecule has 1 aliphatic heterocycles. The number of methoxy groups -OCH3 is 1. The zero-order valence-electron chi connectivity index (χ0n) is 12.4. The summed E-state index contributed by atoms with van der Waals surface area (Å²) in [6.07, 6.45) is 0. The van der Waals surface area contributed by atoms with Crippen LogP contribution >= 0.6 is 0 Å². The fourth-order valence-corrected chi connectivity index (χ4v) is 2.23. The topological polar surface area (TPSA) is 90.6 Å². The molecule has 1 aliphatic rings. The van der Waals surface area contributed by atoms with Crippen LogP contribution in [0.4, 0.5) is 5.69 Å². The van der Waals surface area contributed by atoms with Crippen molar-refractivity contribution < 1.29 is 19.1 Å². The molecule has 1 heterocycles. The lowest BCUT2D eigenvalue weighted by Gasteiger charge is -2.25. The average molecular weight is 292 g/mol. The lowest BCUT2D eigenvalue weighted by molar-refractivity contribution is -0.125. The molecule has 114 valence electrons. The number of anilines is 1. The number of carbonyl (C=O) groups excluding carboxylic acids is 2. The van der Waals surface area contributed by atoms with Crippen molar-refractivity contribution in [1.29, 1.82) is 0 Å². The van der Waals surface area contributed by atoms with Gasteiger partial charge in [0.15, 0.2) is 0 Å². The predicted molar refractivity (Wildman–Crippen MR) is 78.0 cm³/mol. The molecule has 6 heteroatoms. The van der Waals surface area contributed by atoms with Gasteiger partial charge in [-0.3, -0.25) is 4.79 Å². The molecular formula is C15H20N2O4. The highest BCUT2D eigenvalue weighted by Gasteiger charge is 2.44. The van der Waals surface area contributed by atoms with Gasteiger partial charge in [0.25, 0.3) is 0 Å². The van der Waals surface area contributed by atoms with Crippen molar-refractivity contribution in [3.05, 3.63) is 29.3 Å². The molecule has 0 aromatic heterocycles. The van der Waals surface area contributed by atoms with Gasteiger partial charge in [-0.25, -0.2) is 4.79 Å². The van der Waals surface area contributed by atoms with E-state index in [1.807, 2.05) is 13.0 Å². The summed E-state index contributed by atoms with van der Waals surface area (Å²) in [4.78, 5) is 24.3. The van der Waals surface area contributed by atoms with Crippen LogP contribution in [0.3, 0.4) is 0 Å². The second-order valence-electron chi connectivity index (χ2n) is 5.53. The van der Waals surface area contributed by atoms with Gasteiger partial charge in [0.05, 0.1) is 37.0 Å². The van der Waals surface area contributed by atoms with Crippen molar-refractivity contribution in [3.63, 3.8) is 0 Å². The molecule has 1 aromatic rings. The van der Waals surface area contributed by atoms with Crippen molar-refractivity contribution in [2.45, 2.75) is 19.9 Å². The van der Waals surface area contributed by atoms with Gasteiger partial charge in [-0.05, 0) is 26.0 Å². The first-order valence-electron chi connectivity index (χ1n) is 6.72. The zero-order valence-corrected chi connectivity index (χ0v) is 12.4. The summed E-state index contributed by atoms with van der Waals surface area (Å²) in [7, 11) is 1.30. The molecule has 1 fully saturated rings. The Morgan fingerprint density at radius 3 is 2.76 bits per heavy atom. The standard InChI is InChI=1S/C15H20N2O4/c1-9-4-5-11(10(6-9)13(18)20-3)17-14(19)15(2)8-21-7-12(15)16/h4-6,12H,7-8,16H2,1-3H3,(H,17,19). The monoisotopic (exact) mass is 292 g/mol. The normalized spacial score (nSPS) is 24.7. The van der Waals surface area contributed by atoms with Crippen molar-refractivity contribution in [2.24, 2.45) is 11.1 Å². The van der Waals surface area contributed by atoms with E-state index in [-0.39, 0.29) is 18.6 Å². The van der Waals surface area contributed by atoms with Crippen LogP contribution in [0.25, 0.3) is 0 Å². The number of nitrogens with one attached hydrogen (secondary N) is 1. The van der Waals surface area contributed by atoms with Crippen LogP contribution in [-0.4, -0.2) is 38.2 Å². The van der Waals surface area contributed by atoms with Crippen LogP contribution in [0.5, 0.6) is 0 Å². The molecule has 0 spiro atoms. The Labute approximate surface area is 123 Å². The fourth-order valence-electron chi connectivity index (χ4n) is 2.23. The highest BCUT2D eigenvalue weighted by Crippen LogP contribution is 2.29. The van der Waals surface area contributed by atoms with Gasteiger partial charge in [-0.15, -0.1) is 0 Å². The maximum Gasteiger partial charge on any atom is 0.339 e. The fraction of sp³-hybridized carbons (Fsp3) is 0.467. The average Bonchev–Trinajstić information content (AvgIpc) is 2.81. The number of benzene rings is 1. The summed E-state index contributed by atoms with van der Waals surface area (Å²) in [5.41, 5.74) is 6.77. The number of rotatable bonds is 3. The number of hydrogen-bond donors (Lipinski definition) is 2. The zero-order chi connectivity index (χ0) is 15.6. The van der Waals surface area contributed by atoms with E-state index in [1.165, 1.54) is 7.11 Å². The maximum absolute atomic E-state index is 12.5. The lowest BCUT2D eigenvalue weighted by atomic mass is 9.84. The van der Waals surface area contributed by atoms with Crippen LogP contribution in [0.2, 0.25) is 0 Å². The number of esters is 1. The summed E-state index contributed by atoms with van der Waals surface area (Å²) in [6.45, 7) is 4.23. The first kappa shape index (κ1) is 15.5. The number of nitrogens with two attached hydrogens (primary N) is 1. The van der Waals surface area contributed by atoms with Crippen LogP contribution < -0.4 is 11.1 Å². The third-order valence-electron chi connectivity index (χ3n) is 3.86. The summed E-state index contributed by atoms with van der Waals surface area (Å²) in [5, 5.41) is 2.77. The highest BCUT2D eigenvalue weighted by molar-refractivity contribution is 6.03. The van der Waals surface area contributed by atoms with E-state index in [9.17, 15) is 9.59 Å².